The zero-order valence-electron chi connectivity index (χ0n) is 15.6. The summed E-state index contributed by atoms with van der Waals surface area (Å²) in [4.78, 5) is 30.6. The highest BCUT2D eigenvalue weighted by Crippen LogP contribution is 2.14. The summed E-state index contributed by atoms with van der Waals surface area (Å²) in [6.07, 6.45) is -0.286. The van der Waals surface area contributed by atoms with E-state index in [0.29, 0.717) is 45.9 Å². The average molecular weight is 491 g/mol. The Morgan fingerprint density at radius 3 is 2.52 bits per heavy atom. The van der Waals surface area contributed by atoms with Crippen molar-refractivity contribution >= 4 is 41.7 Å². The Bertz CT molecular complexity index is 662. The lowest BCUT2D eigenvalue weighted by Gasteiger charge is -2.35. The van der Waals surface area contributed by atoms with Gasteiger partial charge in [0.05, 0.1) is 18.1 Å². The molecule has 1 aliphatic heterocycles. The Morgan fingerprint density at radius 1 is 1.26 bits per heavy atom. The summed E-state index contributed by atoms with van der Waals surface area (Å²) in [7, 11) is 0. The number of nitro benzene ring substituents is 1. The van der Waals surface area contributed by atoms with Crippen molar-refractivity contribution in [2.45, 2.75) is 20.4 Å². The van der Waals surface area contributed by atoms with Gasteiger partial charge in [0.15, 0.2) is 5.96 Å². The third-order valence-electron chi connectivity index (χ3n) is 3.97. The smallest absolute Gasteiger partial charge is 0.409 e. The molecule has 150 valence electrons. The molecule has 1 saturated heterocycles. The molecule has 10 heteroatoms. The predicted octanol–water partition coefficient (Wildman–Crippen LogP) is 2.45. The molecular formula is C17H26IN5O4. The van der Waals surface area contributed by atoms with Gasteiger partial charge in [0.2, 0.25) is 0 Å². The molecule has 0 unspecified atom stereocenters. The summed E-state index contributed by atoms with van der Waals surface area (Å²) in [5, 5.41) is 14.1. The fraction of sp³-hybridized carbons (Fsp3) is 0.529. The molecule has 0 saturated carbocycles. The minimum absolute atomic E-state index is 0. The lowest BCUT2D eigenvalue weighted by atomic mass is 10.2. The number of non-ortho nitro benzene ring substituents is 1. The first-order valence-electron chi connectivity index (χ1n) is 8.73. The molecule has 27 heavy (non-hydrogen) atoms. The Morgan fingerprint density at radius 2 is 1.93 bits per heavy atom. The van der Waals surface area contributed by atoms with Gasteiger partial charge in [-0.15, -0.1) is 24.0 Å². The van der Waals surface area contributed by atoms with Crippen LogP contribution in [-0.2, 0) is 11.3 Å². The van der Waals surface area contributed by atoms with Crippen LogP contribution in [0, 0.1) is 10.1 Å². The summed E-state index contributed by atoms with van der Waals surface area (Å²) >= 11 is 0. The highest BCUT2D eigenvalue weighted by molar-refractivity contribution is 14.0. The number of rotatable bonds is 5. The van der Waals surface area contributed by atoms with Crippen LogP contribution in [0.25, 0.3) is 0 Å². The number of guanidine groups is 1. The van der Waals surface area contributed by atoms with Gasteiger partial charge < -0.3 is 19.9 Å². The van der Waals surface area contributed by atoms with Crippen LogP contribution in [0.1, 0.15) is 19.4 Å². The van der Waals surface area contributed by atoms with E-state index in [9.17, 15) is 14.9 Å². The third-order valence-corrected chi connectivity index (χ3v) is 3.97. The zero-order chi connectivity index (χ0) is 18.9. The van der Waals surface area contributed by atoms with E-state index >= 15 is 0 Å². The van der Waals surface area contributed by atoms with E-state index in [0.717, 1.165) is 11.5 Å². The first-order chi connectivity index (χ1) is 12.5. The van der Waals surface area contributed by atoms with Gasteiger partial charge in [0.25, 0.3) is 5.69 Å². The Kier molecular flexibility index (Phi) is 9.83. The van der Waals surface area contributed by atoms with Gasteiger partial charge in [-0.2, -0.15) is 0 Å². The molecule has 1 amide bonds. The molecule has 0 aliphatic carbocycles. The van der Waals surface area contributed by atoms with Gasteiger partial charge in [0.1, 0.15) is 0 Å². The van der Waals surface area contributed by atoms with Crippen molar-refractivity contribution in [3.05, 3.63) is 39.9 Å². The lowest BCUT2D eigenvalue weighted by Crippen LogP contribution is -2.53. The predicted molar refractivity (Wildman–Crippen MR) is 113 cm³/mol. The van der Waals surface area contributed by atoms with Crippen molar-refractivity contribution in [1.29, 1.82) is 0 Å². The number of benzene rings is 1. The number of nitrogens with zero attached hydrogens (tertiary/aromatic N) is 4. The molecule has 0 atom stereocenters. The Hall–Kier alpha value is -2.11. The second kappa shape index (κ2) is 11.6. The third kappa shape index (κ3) is 6.85. The summed E-state index contributed by atoms with van der Waals surface area (Å²) in [6, 6.07) is 6.48. The maximum atomic E-state index is 11.8. The largest absolute Gasteiger partial charge is 0.450 e. The maximum absolute atomic E-state index is 11.8. The van der Waals surface area contributed by atoms with E-state index in [1.165, 1.54) is 12.1 Å². The second-order valence-electron chi connectivity index (χ2n) is 5.77. The number of piperazine rings is 1. The first-order valence-corrected chi connectivity index (χ1v) is 8.73. The number of hydrogen-bond donors (Lipinski definition) is 1. The molecule has 9 nitrogen and oxygen atoms in total. The number of halogens is 1. The quantitative estimate of drug-likeness (QED) is 0.223. The number of aliphatic imine (C=N–C) groups is 1. The highest BCUT2D eigenvalue weighted by Gasteiger charge is 2.23. The number of amides is 1. The van der Waals surface area contributed by atoms with E-state index in [4.69, 9.17) is 4.74 Å². The van der Waals surface area contributed by atoms with E-state index in [1.54, 1.807) is 17.9 Å². The molecule has 0 bridgehead atoms. The molecule has 1 N–H and O–H groups in total. The van der Waals surface area contributed by atoms with Crippen LogP contribution in [0.4, 0.5) is 10.5 Å². The molecular weight excluding hydrogens is 465 g/mol. The van der Waals surface area contributed by atoms with Crippen molar-refractivity contribution in [2.24, 2.45) is 4.99 Å². The number of carbonyl (C=O) groups is 1. The number of nitro groups is 1. The summed E-state index contributed by atoms with van der Waals surface area (Å²) in [5.74, 6) is 0.738. The zero-order valence-corrected chi connectivity index (χ0v) is 17.9. The van der Waals surface area contributed by atoms with Crippen LogP contribution in [-0.4, -0.2) is 66.1 Å². The van der Waals surface area contributed by atoms with Gasteiger partial charge in [-0.05, 0) is 19.4 Å². The van der Waals surface area contributed by atoms with E-state index in [2.05, 4.69) is 15.2 Å². The maximum Gasteiger partial charge on any atom is 0.409 e. The van der Waals surface area contributed by atoms with Gasteiger partial charge in [-0.25, -0.2) is 9.79 Å². The molecule has 1 aromatic carbocycles. The number of carbonyl (C=O) groups excluding carboxylic acids is 1. The Labute approximate surface area is 175 Å². The van der Waals surface area contributed by atoms with Crippen LogP contribution in [0.3, 0.4) is 0 Å². The van der Waals surface area contributed by atoms with Crippen LogP contribution in [0.2, 0.25) is 0 Å². The van der Waals surface area contributed by atoms with Crippen molar-refractivity contribution in [2.75, 3.05) is 39.3 Å². The van der Waals surface area contributed by atoms with Crippen molar-refractivity contribution in [1.82, 2.24) is 15.1 Å². The van der Waals surface area contributed by atoms with Crippen LogP contribution in [0.15, 0.2) is 29.3 Å². The Balaban J connectivity index is 0.00000364. The molecule has 0 radical (unpaired) electrons. The first kappa shape index (κ1) is 22.9. The fourth-order valence-corrected chi connectivity index (χ4v) is 2.68. The minimum atomic E-state index is -0.410. The number of hydrogen-bond acceptors (Lipinski definition) is 5. The monoisotopic (exact) mass is 491 g/mol. The van der Waals surface area contributed by atoms with E-state index < -0.39 is 4.92 Å². The van der Waals surface area contributed by atoms with Crippen molar-refractivity contribution < 1.29 is 14.5 Å². The van der Waals surface area contributed by atoms with Gasteiger partial charge in [0, 0.05) is 44.9 Å². The molecule has 0 aromatic heterocycles. The molecule has 2 rings (SSSR count). The SMILES string of the molecule is CCNC(=NCc1cccc([N+](=O)[O-])c1)N1CCN(C(=O)OCC)CC1.I. The van der Waals surface area contributed by atoms with Gasteiger partial charge in [-0.1, -0.05) is 12.1 Å². The summed E-state index contributed by atoms with van der Waals surface area (Å²) in [5.41, 5.74) is 0.838. The fourth-order valence-electron chi connectivity index (χ4n) is 2.68. The molecule has 1 fully saturated rings. The number of ether oxygens (including phenoxy) is 1. The van der Waals surface area contributed by atoms with Crippen LogP contribution < -0.4 is 5.32 Å². The molecule has 1 heterocycles. The van der Waals surface area contributed by atoms with Crippen molar-refractivity contribution in [3.63, 3.8) is 0 Å². The topological polar surface area (TPSA) is 100 Å². The highest BCUT2D eigenvalue weighted by atomic mass is 127. The molecule has 1 aromatic rings. The van der Waals surface area contributed by atoms with E-state index in [-0.39, 0.29) is 35.8 Å². The van der Waals surface area contributed by atoms with Gasteiger partial charge in [-0.3, -0.25) is 10.1 Å². The van der Waals surface area contributed by atoms with Crippen LogP contribution in [0.5, 0.6) is 0 Å². The molecule has 1 aliphatic rings. The van der Waals surface area contributed by atoms with Crippen molar-refractivity contribution in [3.8, 4) is 0 Å². The second-order valence-corrected chi connectivity index (χ2v) is 5.77. The lowest BCUT2D eigenvalue weighted by molar-refractivity contribution is -0.384. The summed E-state index contributed by atoms with van der Waals surface area (Å²) < 4.78 is 5.03. The van der Waals surface area contributed by atoms with Crippen LogP contribution >= 0.6 is 24.0 Å². The normalized spacial score (nSPS) is 14.4. The average Bonchev–Trinajstić information content (AvgIpc) is 2.65. The number of nitrogens with one attached hydrogen (secondary N) is 1. The van der Waals surface area contributed by atoms with E-state index in [1.807, 2.05) is 13.0 Å². The standard InChI is InChI=1S/C17H25N5O4.HI/c1-3-18-16(19-13-14-6-5-7-15(12-14)22(24)25)20-8-10-21(11-9-20)17(23)26-4-2;/h5-7,12H,3-4,8-11,13H2,1-2H3,(H,18,19);1H. The molecule has 0 spiro atoms. The summed E-state index contributed by atoms with van der Waals surface area (Å²) in [6.45, 7) is 7.65. The van der Waals surface area contributed by atoms with Gasteiger partial charge >= 0.3 is 6.09 Å². The minimum Gasteiger partial charge on any atom is -0.450 e.